The number of phenolic OH excluding ortho intramolecular Hbond substituents is 2. The predicted molar refractivity (Wildman–Crippen MR) is 166 cm³/mol. The van der Waals surface area contributed by atoms with Crippen LogP contribution in [0.2, 0.25) is 0 Å². The smallest absolute Gasteiger partial charge is 0.313 e. The second-order valence-electron chi connectivity index (χ2n) is 10.5. The Morgan fingerprint density at radius 2 is 1.41 bits per heavy atom. The van der Waals surface area contributed by atoms with Crippen LogP contribution in [0.4, 0.5) is 0 Å². The van der Waals surface area contributed by atoms with E-state index in [1.165, 1.54) is 41.4 Å². The van der Waals surface area contributed by atoms with Crippen molar-refractivity contribution in [2.45, 2.75) is 25.2 Å². The highest BCUT2D eigenvalue weighted by Crippen LogP contribution is 2.58. The molecule has 226 valence electrons. The van der Waals surface area contributed by atoms with Crippen LogP contribution in [0, 0.1) is 0 Å². The third-order valence-electron chi connectivity index (χ3n) is 8.22. The molecule has 3 N–H and O–H groups in total. The van der Waals surface area contributed by atoms with Gasteiger partial charge in [-0.15, -0.1) is 11.8 Å². The van der Waals surface area contributed by atoms with E-state index in [4.69, 9.17) is 18.9 Å². The highest BCUT2D eigenvalue weighted by Gasteiger charge is 2.37. The van der Waals surface area contributed by atoms with Crippen molar-refractivity contribution in [2.75, 3.05) is 34.2 Å². The van der Waals surface area contributed by atoms with Gasteiger partial charge in [0, 0.05) is 49.7 Å². The summed E-state index contributed by atoms with van der Waals surface area (Å²) in [6, 6.07) is 1.19. The fourth-order valence-corrected chi connectivity index (χ4v) is 7.59. The predicted octanol–water partition coefficient (Wildman–Crippen LogP) is 4.44. The van der Waals surface area contributed by atoms with Crippen LogP contribution in [0.25, 0.3) is 48.7 Å². The molecule has 44 heavy (non-hydrogen) atoms. The maximum absolute atomic E-state index is 14.2. The summed E-state index contributed by atoms with van der Waals surface area (Å²) in [7, 11) is 5.31. The summed E-state index contributed by atoms with van der Waals surface area (Å²) in [5, 5.41) is 34.1. The van der Waals surface area contributed by atoms with Crippen molar-refractivity contribution < 1.29 is 43.9 Å². The molecule has 5 aromatic rings. The zero-order chi connectivity index (χ0) is 31.9. The van der Waals surface area contributed by atoms with Crippen molar-refractivity contribution in [3.05, 3.63) is 43.2 Å². The van der Waals surface area contributed by atoms with Gasteiger partial charge in [-0.05, 0) is 25.7 Å². The normalized spacial score (nSPS) is 13.0. The van der Waals surface area contributed by atoms with Gasteiger partial charge >= 0.3 is 5.97 Å². The minimum atomic E-state index is -1.19. The van der Waals surface area contributed by atoms with Gasteiger partial charge in [0.2, 0.25) is 5.43 Å². The molecule has 0 saturated heterocycles. The number of Topliss-reactive ketones (excluding diaryl/α,β-unsaturated/α-hetero) is 1. The Bertz CT molecular complexity index is 2270. The van der Waals surface area contributed by atoms with Gasteiger partial charge < -0.3 is 34.3 Å². The third-order valence-corrected chi connectivity index (χ3v) is 9.27. The van der Waals surface area contributed by atoms with Crippen LogP contribution in [0.15, 0.2) is 26.1 Å². The number of rotatable bonds is 8. The number of ketones is 1. The summed E-state index contributed by atoms with van der Waals surface area (Å²) < 4.78 is 22.9. The van der Waals surface area contributed by atoms with Gasteiger partial charge in [0.15, 0.2) is 34.2 Å². The molecule has 11 nitrogen and oxygen atoms in total. The van der Waals surface area contributed by atoms with E-state index in [0.717, 1.165) is 0 Å². The summed E-state index contributed by atoms with van der Waals surface area (Å²) in [6.07, 6.45) is 0.102. The third kappa shape index (κ3) is 3.57. The average molecular weight is 619 g/mol. The minimum absolute atomic E-state index is 0.0161. The van der Waals surface area contributed by atoms with Crippen LogP contribution in [-0.2, 0) is 16.0 Å². The highest BCUT2D eigenvalue weighted by molar-refractivity contribution is 8.00. The summed E-state index contributed by atoms with van der Waals surface area (Å²) in [5.41, 5.74) is 0.125. The second-order valence-corrected chi connectivity index (χ2v) is 11.4. The molecular formula is C32H26O11S. The van der Waals surface area contributed by atoms with Gasteiger partial charge in [-0.3, -0.25) is 19.2 Å². The first-order valence-corrected chi connectivity index (χ1v) is 14.3. The molecule has 0 atom stereocenters. The molecule has 0 bridgehead atoms. The Balaban J connectivity index is 2.16. The monoisotopic (exact) mass is 618 g/mol. The van der Waals surface area contributed by atoms with Crippen molar-refractivity contribution in [1.29, 1.82) is 0 Å². The number of hydrogen-bond acceptors (Lipinski definition) is 11. The first-order chi connectivity index (χ1) is 20.9. The zero-order valence-electron chi connectivity index (χ0n) is 24.5. The maximum Gasteiger partial charge on any atom is 0.313 e. The van der Waals surface area contributed by atoms with Gasteiger partial charge in [-0.2, -0.15) is 0 Å². The minimum Gasteiger partial charge on any atom is -0.504 e. The van der Waals surface area contributed by atoms with Crippen LogP contribution in [0.5, 0.6) is 34.5 Å². The van der Waals surface area contributed by atoms with E-state index in [2.05, 4.69) is 0 Å². The molecule has 0 unspecified atom stereocenters. The number of carbonyl (C=O) groups excluding carboxylic acids is 1. The summed E-state index contributed by atoms with van der Waals surface area (Å²) in [4.78, 5) is 52.7. The van der Waals surface area contributed by atoms with Crippen molar-refractivity contribution in [1.82, 2.24) is 0 Å². The van der Waals surface area contributed by atoms with Crippen molar-refractivity contribution in [3.63, 3.8) is 0 Å². The number of fused-ring (bicyclic) bond motifs is 1. The lowest BCUT2D eigenvalue weighted by Crippen LogP contribution is -2.13. The molecule has 0 radical (unpaired) electrons. The van der Waals surface area contributed by atoms with E-state index in [1.807, 2.05) is 0 Å². The van der Waals surface area contributed by atoms with E-state index in [-0.39, 0.29) is 83.6 Å². The molecule has 0 saturated carbocycles. The van der Waals surface area contributed by atoms with E-state index in [1.54, 1.807) is 6.92 Å². The Hall–Kier alpha value is -4.97. The van der Waals surface area contributed by atoms with Gasteiger partial charge in [-0.25, -0.2) is 0 Å². The Morgan fingerprint density at radius 1 is 0.795 bits per heavy atom. The number of carboxylic acid groups (broad SMARTS) is 1. The first kappa shape index (κ1) is 29.1. The molecule has 0 heterocycles. The Morgan fingerprint density at radius 3 is 1.98 bits per heavy atom. The molecule has 0 amide bonds. The summed E-state index contributed by atoms with van der Waals surface area (Å²) in [6.45, 7) is 3.10. The zero-order valence-corrected chi connectivity index (χ0v) is 25.3. The topological polar surface area (TPSA) is 166 Å². The van der Waals surface area contributed by atoms with E-state index in [9.17, 15) is 34.5 Å². The number of phenols is 2. The van der Waals surface area contributed by atoms with Crippen LogP contribution >= 0.6 is 11.8 Å². The van der Waals surface area contributed by atoms with Crippen LogP contribution in [-0.4, -0.2) is 61.3 Å². The fourth-order valence-electron chi connectivity index (χ4n) is 6.77. The van der Waals surface area contributed by atoms with E-state index < -0.39 is 34.1 Å². The quantitative estimate of drug-likeness (QED) is 0.127. The lowest BCUT2D eigenvalue weighted by atomic mass is 9.82. The number of ether oxygens (including phenoxy) is 4. The summed E-state index contributed by atoms with van der Waals surface area (Å²) >= 11 is 0.706. The highest BCUT2D eigenvalue weighted by atomic mass is 32.2. The fraction of sp³-hybridized carbons (Fsp3) is 0.250. The second kappa shape index (κ2) is 10.1. The van der Waals surface area contributed by atoms with Crippen molar-refractivity contribution >= 4 is 72.2 Å². The SMILES string of the molecule is COc1c(O)c2c(=O)cc(OC)c3c4c(OC)c(SCC(=O)O)c(=O)c5c(O)c(OC)c6c(c(c1CC(C)=C6C(C)=O)c23)c54. The number of aliphatic carboxylic acids is 1. The number of hydrogen-bond donors (Lipinski definition) is 3. The van der Waals surface area contributed by atoms with Gasteiger partial charge in [-0.1, -0.05) is 5.57 Å². The van der Waals surface area contributed by atoms with Crippen LogP contribution in [0.3, 0.4) is 0 Å². The summed E-state index contributed by atoms with van der Waals surface area (Å²) in [5.74, 6) is -3.07. The van der Waals surface area contributed by atoms with E-state index in [0.29, 0.717) is 33.7 Å². The molecule has 0 fully saturated rings. The lowest BCUT2D eigenvalue weighted by Gasteiger charge is -2.24. The molecule has 1 aliphatic rings. The molecule has 5 aromatic carbocycles. The number of carboxylic acids is 1. The van der Waals surface area contributed by atoms with E-state index >= 15 is 0 Å². The molecule has 0 spiro atoms. The van der Waals surface area contributed by atoms with Crippen molar-refractivity contribution in [3.8, 4) is 34.5 Å². The largest absolute Gasteiger partial charge is 0.504 e. The maximum atomic E-state index is 14.2. The number of carbonyl (C=O) groups is 2. The standard InChI is InChI=1S/C32H26O11S/c1-10-7-12-17-20-18(26(37)29(12)41-4)13(34)8-14(40-3)19(20)24-22-21(17)23(16(10)11(2)33)30(42-5)27(38)25(22)28(39)32(31(24)43-6)44-9-15(35)36/h8,37-38H,7,9H2,1-6H3,(H,35,36). The molecule has 12 heteroatoms. The van der Waals surface area contributed by atoms with Crippen LogP contribution < -0.4 is 29.8 Å². The molecule has 1 aliphatic carbocycles. The van der Waals surface area contributed by atoms with Gasteiger partial charge in [0.1, 0.15) is 11.5 Å². The van der Waals surface area contributed by atoms with Crippen LogP contribution in [0.1, 0.15) is 25.0 Å². The molecule has 0 aliphatic heterocycles. The Labute approximate surface area is 252 Å². The first-order valence-electron chi connectivity index (χ1n) is 13.3. The number of aromatic hydroxyl groups is 2. The number of thioether (sulfide) groups is 1. The molecule has 0 aromatic heterocycles. The van der Waals surface area contributed by atoms with Gasteiger partial charge in [0.05, 0.1) is 49.9 Å². The average Bonchev–Trinajstić information content (AvgIpc) is 3.10. The number of allylic oxidation sites excluding steroid dienone is 2. The molecule has 6 rings (SSSR count). The number of benzene rings is 5. The van der Waals surface area contributed by atoms with Crippen molar-refractivity contribution in [2.24, 2.45) is 0 Å². The van der Waals surface area contributed by atoms with Gasteiger partial charge in [0.25, 0.3) is 0 Å². The molecular weight excluding hydrogens is 592 g/mol. The lowest BCUT2D eigenvalue weighted by molar-refractivity contribution is -0.133. The Kier molecular flexibility index (Phi) is 6.65. The number of methoxy groups -OCH3 is 4.